The van der Waals surface area contributed by atoms with E-state index in [0.29, 0.717) is 0 Å². The van der Waals surface area contributed by atoms with Crippen molar-refractivity contribution in [3.8, 4) is 27.9 Å². The van der Waals surface area contributed by atoms with E-state index in [-0.39, 0.29) is 0 Å². The number of fused-ring (bicyclic) bond motifs is 4. The van der Waals surface area contributed by atoms with Crippen molar-refractivity contribution in [3.05, 3.63) is 194 Å². The Morgan fingerprint density at radius 3 is 1.69 bits per heavy atom. The van der Waals surface area contributed by atoms with Gasteiger partial charge in [0.25, 0.3) is 0 Å². The predicted molar refractivity (Wildman–Crippen MR) is 204 cm³/mol. The molecule has 0 aliphatic rings. The van der Waals surface area contributed by atoms with Crippen LogP contribution in [0.15, 0.2) is 194 Å². The van der Waals surface area contributed by atoms with Crippen molar-refractivity contribution in [3.63, 3.8) is 0 Å². The summed E-state index contributed by atoms with van der Waals surface area (Å²) in [6.45, 7) is 0. The number of aromatic nitrogens is 1. The van der Waals surface area contributed by atoms with E-state index in [0.717, 1.165) is 22.7 Å². The molecule has 226 valence electrons. The third-order valence-corrected chi connectivity index (χ3v) is 9.37. The van der Waals surface area contributed by atoms with E-state index in [9.17, 15) is 0 Å². The zero-order chi connectivity index (χ0) is 31.9. The molecule has 0 N–H and O–H groups in total. The second-order valence-electron chi connectivity index (χ2n) is 12.2. The first-order valence-corrected chi connectivity index (χ1v) is 16.4. The molecule has 0 spiro atoms. The summed E-state index contributed by atoms with van der Waals surface area (Å²) < 4.78 is 2.41. The van der Waals surface area contributed by atoms with Gasteiger partial charge < -0.3 is 9.47 Å². The minimum atomic E-state index is 1.11. The predicted octanol–water partition coefficient (Wildman–Crippen LogP) is 12.7. The van der Waals surface area contributed by atoms with Crippen molar-refractivity contribution in [2.75, 3.05) is 4.90 Å². The molecule has 0 saturated carbocycles. The Morgan fingerprint density at radius 1 is 0.333 bits per heavy atom. The second-order valence-corrected chi connectivity index (χ2v) is 12.2. The van der Waals surface area contributed by atoms with Gasteiger partial charge in [-0.15, -0.1) is 0 Å². The van der Waals surface area contributed by atoms with Gasteiger partial charge in [-0.25, -0.2) is 0 Å². The Balaban J connectivity index is 1.27. The molecule has 0 fully saturated rings. The van der Waals surface area contributed by atoms with Crippen molar-refractivity contribution in [1.29, 1.82) is 0 Å². The van der Waals surface area contributed by atoms with E-state index in [2.05, 4.69) is 204 Å². The molecule has 2 nitrogen and oxygen atoms in total. The average molecular weight is 613 g/mol. The largest absolute Gasteiger partial charge is 0.310 e. The summed E-state index contributed by atoms with van der Waals surface area (Å²) in [5.41, 5.74) is 11.7. The van der Waals surface area contributed by atoms with Gasteiger partial charge in [0.15, 0.2) is 0 Å². The maximum absolute atomic E-state index is 2.41. The highest BCUT2D eigenvalue weighted by atomic mass is 15.1. The molecule has 2 heteroatoms. The van der Waals surface area contributed by atoms with Crippen LogP contribution in [0.3, 0.4) is 0 Å². The molecule has 48 heavy (non-hydrogen) atoms. The molecule has 0 bridgehead atoms. The summed E-state index contributed by atoms with van der Waals surface area (Å²) in [5, 5.41) is 4.90. The van der Waals surface area contributed by atoms with E-state index in [4.69, 9.17) is 0 Å². The molecule has 1 aromatic heterocycles. The van der Waals surface area contributed by atoms with E-state index in [1.54, 1.807) is 0 Å². The summed E-state index contributed by atoms with van der Waals surface area (Å²) in [6, 6.07) is 69.9. The fourth-order valence-corrected chi connectivity index (χ4v) is 7.10. The quantitative estimate of drug-likeness (QED) is 0.181. The van der Waals surface area contributed by atoms with Gasteiger partial charge in [0.2, 0.25) is 0 Å². The van der Waals surface area contributed by atoms with Crippen LogP contribution in [0.5, 0.6) is 0 Å². The van der Waals surface area contributed by atoms with E-state index < -0.39 is 0 Å². The zero-order valence-corrected chi connectivity index (χ0v) is 26.4. The molecule has 0 atom stereocenters. The first-order valence-electron chi connectivity index (χ1n) is 16.4. The van der Waals surface area contributed by atoms with Crippen LogP contribution in [0.25, 0.3) is 60.5 Å². The third-order valence-electron chi connectivity index (χ3n) is 9.37. The minimum Gasteiger partial charge on any atom is -0.310 e. The number of anilines is 3. The maximum atomic E-state index is 2.41. The lowest BCUT2D eigenvalue weighted by atomic mass is 10.0. The highest BCUT2D eigenvalue weighted by Crippen LogP contribution is 2.43. The van der Waals surface area contributed by atoms with Gasteiger partial charge in [0, 0.05) is 33.2 Å². The summed E-state index contributed by atoms with van der Waals surface area (Å²) >= 11 is 0. The van der Waals surface area contributed by atoms with Crippen molar-refractivity contribution in [2.24, 2.45) is 0 Å². The molecule has 9 aromatic rings. The Bertz CT molecular complexity index is 2540. The Labute approximate surface area is 280 Å². The van der Waals surface area contributed by atoms with Crippen molar-refractivity contribution < 1.29 is 0 Å². The van der Waals surface area contributed by atoms with Crippen LogP contribution in [0.2, 0.25) is 0 Å². The Morgan fingerprint density at radius 2 is 0.896 bits per heavy atom. The molecule has 0 radical (unpaired) electrons. The lowest BCUT2D eigenvalue weighted by molar-refractivity contribution is 1.18. The highest BCUT2D eigenvalue weighted by Gasteiger charge is 2.19. The molecular formula is C46H32N2. The van der Waals surface area contributed by atoms with Crippen LogP contribution in [0.4, 0.5) is 17.1 Å². The molecule has 0 unspecified atom stereocenters. The molecule has 0 aliphatic carbocycles. The maximum Gasteiger partial charge on any atom is 0.0561 e. The summed E-state index contributed by atoms with van der Waals surface area (Å²) in [4.78, 5) is 2.41. The number of hydrogen-bond donors (Lipinski definition) is 0. The number of rotatable bonds is 6. The topological polar surface area (TPSA) is 8.17 Å². The Hall–Kier alpha value is -6.38. The van der Waals surface area contributed by atoms with Gasteiger partial charge in [-0.3, -0.25) is 0 Å². The molecule has 0 saturated heterocycles. The van der Waals surface area contributed by atoms with E-state index >= 15 is 0 Å². The summed E-state index contributed by atoms with van der Waals surface area (Å²) in [7, 11) is 0. The van der Waals surface area contributed by atoms with Crippen LogP contribution < -0.4 is 4.90 Å². The smallest absolute Gasteiger partial charge is 0.0561 e. The molecule has 0 aliphatic heterocycles. The van der Waals surface area contributed by atoms with Crippen LogP contribution >= 0.6 is 0 Å². The van der Waals surface area contributed by atoms with Crippen LogP contribution in [-0.2, 0) is 0 Å². The molecule has 8 aromatic carbocycles. The van der Waals surface area contributed by atoms with Crippen molar-refractivity contribution in [1.82, 2.24) is 4.57 Å². The van der Waals surface area contributed by atoms with Crippen molar-refractivity contribution >= 4 is 49.6 Å². The van der Waals surface area contributed by atoms with Crippen LogP contribution in [-0.4, -0.2) is 4.57 Å². The van der Waals surface area contributed by atoms with Crippen LogP contribution in [0, 0.1) is 0 Å². The fourth-order valence-electron chi connectivity index (χ4n) is 7.10. The summed E-state index contributed by atoms with van der Waals surface area (Å²) in [6.07, 6.45) is 0. The SMILES string of the molecule is c1ccc(-c2ccc(-n3c4ccccc4c4ccc(N(c5cccc(-c6ccccc6)c5)c5cccc6ccccc56)cc43)cc2)cc1. The second kappa shape index (κ2) is 11.8. The lowest BCUT2D eigenvalue weighted by Gasteiger charge is -2.27. The van der Waals surface area contributed by atoms with E-state index in [1.807, 2.05) is 0 Å². The van der Waals surface area contributed by atoms with Crippen LogP contribution in [0.1, 0.15) is 0 Å². The number of hydrogen-bond acceptors (Lipinski definition) is 1. The fraction of sp³-hybridized carbons (Fsp3) is 0. The molecular weight excluding hydrogens is 581 g/mol. The monoisotopic (exact) mass is 612 g/mol. The molecule has 1 heterocycles. The minimum absolute atomic E-state index is 1.11. The summed E-state index contributed by atoms with van der Waals surface area (Å²) in [5.74, 6) is 0. The number of para-hydroxylation sites is 1. The molecule has 9 rings (SSSR count). The number of nitrogens with zero attached hydrogens (tertiary/aromatic N) is 2. The van der Waals surface area contributed by atoms with Gasteiger partial charge in [0.05, 0.1) is 16.7 Å². The first-order chi connectivity index (χ1) is 23.8. The van der Waals surface area contributed by atoms with Gasteiger partial charge in [-0.1, -0.05) is 146 Å². The lowest BCUT2D eigenvalue weighted by Crippen LogP contribution is -2.10. The van der Waals surface area contributed by atoms with Gasteiger partial charge in [-0.05, 0) is 76.2 Å². The van der Waals surface area contributed by atoms with Gasteiger partial charge in [-0.2, -0.15) is 0 Å². The average Bonchev–Trinajstić information content (AvgIpc) is 3.50. The van der Waals surface area contributed by atoms with Gasteiger partial charge >= 0.3 is 0 Å². The van der Waals surface area contributed by atoms with E-state index in [1.165, 1.54) is 54.8 Å². The number of benzene rings is 8. The van der Waals surface area contributed by atoms with Crippen molar-refractivity contribution in [2.45, 2.75) is 0 Å². The standard InChI is InChI=1S/C46H32N2/c1-3-13-33(14-4-1)35-25-27-38(28-26-35)48-45-23-10-9-22-42(45)43-30-29-40(32-46(43)48)47(44-24-12-18-36-17-7-8-21-41(36)44)39-20-11-19-37(31-39)34-15-5-2-6-16-34/h1-32H. The van der Waals surface area contributed by atoms with Gasteiger partial charge in [0.1, 0.15) is 0 Å². The Kier molecular flexibility index (Phi) is 6.84. The molecule has 0 amide bonds. The first kappa shape index (κ1) is 27.9. The zero-order valence-electron chi connectivity index (χ0n) is 26.4. The highest BCUT2D eigenvalue weighted by molar-refractivity contribution is 6.11. The third kappa shape index (κ3) is 4.83. The normalized spacial score (nSPS) is 11.3.